The number of aromatic nitrogens is 4. The Labute approximate surface area is 233 Å². The quantitative estimate of drug-likeness (QED) is 0.220. The Morgan fingerprint density at radius 3 is 2.48 bits per heavy atom. The minimum Gasteiger partial charge on any atom is -0.360 e. The van der Waals surface area contributed by atoms with Gasteiger partial charge in [0.1, 0.15) is 0 Å². The zero-order chi connectivity index (χ0) is 28.2. The van der Waals surface area contributed by atoms with Crippen LogP contribution in [0.4, 0.5) is 23.4 Å². The van der Waals surface area contributed by atoms with Crippen molar-refractivity contribution in [2.45, 2.75) is 45.8 Å². The van der Waals surface area contributed by atoms with E-state index in [-0.39, 0.29) is 12.4 Å². The Kier molecular flexibility index (Phi) is 6.57. The number of hydrogen-bond acceptors (Lipinski definition) is 3. The molecule has 0 bridgehead atoms. The summed E-state index contributed by atoms with van der Waals surface area (Å²) in [5.41, 5.74) is 6.49. The maximum absolute atomic E-state index is 15.0. The molecule has 0 radical (unpaired) electrons. The highest BCUT2D eigenvalue weighted by Crippen LogP contribution is 2.40. The van der Waals surface area contributed by atoms with Crippen LogP contribution in [-0.4, -0.2) is 26.3 Å². The number of nitrogens with one attached hydrogen (secondary N) is 1. The first-order chi connectivity index (χ1) is 19.2. The van der Waals surface area contributed by atoms with E-state index in [0.29, 0.717) is 30.3 Å². The van der Waals surface area contributed by atoms with Crippen molar-refractivity contribution in [3.8, 4) is 16.9 Å². The molecule has 10 heteroatoms. The SMILES string of the molecule is CCc1cccc(CC)c1-n1nc2c(c1-c1ccc(Cl)c3[nH]ccc13)CN(c1ncc(C(F)(F)F)cc1F)CC2. The van der Waals surface area contributed by atoms with Crippen LogP contribution < -0.4 is 4.90 Å². The maximum atomic E-state index is 15.0. The summed E-state index contributed by atoms with van der Waals surface area (Å²) >= 11 is 6.50. The number of H-pyrrole nitrogens is 1. The van der Waals surface area contributed by atoms with Crippen molar-refractivity contribution in [2.75, 3.05) is 11.4 Å². The van der Waals surface area contributed by atoms with Crippen molar-refractivity contribution >= 4 is 28.3 Å². The van der Waals surface area contributed by atoms with Gasteiger partial charge in [-0.25, -0.2) is 14.1 Å². The number of fused-ring (bicyclic) bond motifs is 2. The van der Waals surface area contributed by atoms with E-state index in [1.54, 1.807) is 4.90 Å². The van der Waals surface area contributed by atoms with Crippen LogP contribution in [0.1, 0.15) is 41.8 Å². The topological polar surface area (TPSA) is 49.7 Å². The smallest absolute Gasteiger partial charge is 0.360 e. The van der Waals surface area contributed by atoms with E-state index in [4.69, 9.17) is 16.7 Å². The standard InChI is InChI=1S/C30H26ClF4N5/c1-3-17-6-5-7-18(4-2)27(17)40-28(21-8-9-23(31)26-20(21)10-12-36-26)22-16-39(13-11-25(22)38-40)29-24(32)14-19(15-37-29)30(33,34)35/h5-10,12,14-15,36H,3-4,11,13,16H2,1-2H3. The highest BCUT2D eigenvalue weighted by molar-refractivity contribution is 6.35. The number of hydrogen-bond donors (Lipinski definition) is 1. The van der Waals surface area contributed by atoms with E-state index in [1.807, 2.05) is 29.1 Å². The van der Waals surface area contributed by atoms with E-state index >= 15 is 0 Å². The van der Waals surface area contributed by atoms with Crippen LogP contribution in [0.3, 0.4) is 0 Å². The van der Waals surface area contributed by atoms with Gasteiger partial charge in [0.25, 0.3) is 0 Å². The number of benzene rings is 2. The minimum atomic E-state index is -4.67. The average molecular weight is 568 g/mol. The second kappa shape index (κ2) is 9.96. The van der Waals surface area contributed by atoms with Gasteiger partial charge in [0.2, 0.25) is 0 Å². The molecule has 0 spiro atoms. The molecule has 1 N–H and O–H groups in total. The first kappa shape index (κ1) is 26.4. The van der Waals surface area contributed by atoms with Crippen LogP contribution in [0.25, 0.3) is 27.8 Å². The molecule has 5 aromatic rings. The average Bonchev–Trinajstić information content (AvgIpc) is 3.58. The van der Waals surface area contributed by atoms with E-state index in [1.165, 1.54) is 0 Å². The summed E-state index contributed by atoms with van der Waals surface area (Å²) in [6.07, 6.45) is -0.0580. The van der Waals surface area contributed by atoms with Crippen molar-refractivity contribution in [2.24, 2.45) is 0 Å². The van der Waals surface area contributed by atoms with Crippen molar-refractivity contribution in [1.82, 2.24) is 19.7 Å². The summed E-state index contributed by atoms with van der Waals surface area (Å²) in [6, 6.07) is 12.5. The summed E-state index contributed by atoms with van der Waals surface area (Å²) < 4.78 is 56.5. The molecule has 6 rings (SSSR count). The monoisotopic (exact) mass is 567 g/mol. The lowest BCUT2D eigenvalue weighted by molar-refractivity contribution is -0.138. The van der Waals surface area contributed by atoms with Gasteiger partial charge < -0.3 is 9.88 Å². The molecule has 0 atom stereocenters. The molecule has 0 unspecified atom stereocenters. The fourth-order valence-corrected chi connectivity index (χ4v) is 5.85. The van der Waals surface area contributed by atoms with Gasteiger partial charge in [0.15, 0.2) is 11.6 Å². The van der Waals surface area contributed by atoms with Crippen molar-refractivity contribution in [3.05, 3.63) is 93.6 Å². The Morgan fingerprint density at radius 2 is 1.80 bits per heavy atom. The first-order valence-electron chi connectivity index (χ1n) is 13.2. The second-order valence-corrected chi connectivity index (χ2v) is 10.3. The largest absolute Gasteiger partial charge is 0.417 e. The maximum Gasteiger partial charge on any atom is 0.417 e. The summed E-state index contributed by atoms with van der Waals surface area (Å²) in [6.45, 7) is 4.82. The van der Waals surface area contributed by atoms with Gasteiger partial charge >= 0.3 is 6.18 Å². The fourth-order valence-electron chi connectivity index (χ4n) is 5.63. The van der Waals surface area contributed by atoms with Crippen molar-refractivity contribution < 1.29 is 17.6 Å². The van der Waals surface area contributed by atoms with E-state index in [9.17, 15) is 17.6 Å². The molecule has 0 aliphatic carbocycles. The Morgan fingerprint density at radius 1 is 1.05 bits per heavy atom. The predicted octanol–water partition coefficient (Wildman–Crippen LogP) is 7.91. The summed E-state index contributed by atoms with van der Waals surface area (Å²) in [5, 5.41) is 6.61. The van der Waals surface area contributed by atoms with Crippen LogP contribution in [0.5, 0.6) is 0 Å². The zero-order valence-electron chi connectivity index (χ0n) is 21.9. The molecule has 5 nitrogen and oxygen atoms in total. The molecule has 1 aliphatic heterocycles. The third-order valence-electron chi connectivity index (χ3n) is 7.59. The molecular weight excluding hydrogens is 542 g/mol. The number of rotatable bonds is 5. The highest BCUT2D eigenvalue weighted by Gasteiger charge is 2.34. The molecule has 40 heavy (non-hydrogen) atoms. The van der Waals surface area contributed by atoms with Gasteiger partial charge in [-0.05, 0) is 42.2 Å². The molecule has 0 fully saturated rings. The Hall–Kier alpha value is -3.85. The molecular formula is C30H26ClF4N5. The van der Waals surface area contributed by atoms with Crippen LogP contribution >= 0.6 is 11.6 Å². The molecule has 1 aliphatic rings. The van der Waals surface area contributed by atoms with Gasteiger partial charge in [-0.3, -0.25) is 0 Å². The Bertz CT molecular complexity index is 1710. The molecule has 2 aromatic carbocycles. The van der Waals surface area contributed by atoms with Crippen LogP contribution in [0.15, 0.2) is 54.9 Å². The number of nitrogens with zero attached hydrogens (tertiary/aromatic N) is 4. The van der Waals surface area contributed by atoms with Gasteiger partial charge in [-0.1, -0.05) is 49.7 Å². The first-order valence-corrected chi connectivity index (χ1v) is 13.5. The fraction of sp³-hybridized carbons (Fsp3) is 0.267. The normalized spacial score (nSPS) is 13.7. The van der Waals surface area contributed by atoms with Crippen molar-refractivity contribution in [1.29, 1.82) is 0 Å². The van der Waals surface area contributed by atoms with Crippen LogP contribution in [-0.2, 0) is 32.0 Å². The van der Waals surface area contributed by atoms with E-state index in [2.05, 4.69) is 42.0 Å². The lowest BCUT2D eigenvalue weighted by atomic mass is 9.97. The van der Waals surface area contributed by atoms with Gasteiger partial charge in [0.05, 0.1) is 33.2 Å². The minimum absolute atomic E-state index is 0.108. The number of para-hydroxylation sites is 1. The number of alkyl halides is 3. The molecule has 206 valence electrons. The van der Waals surface area contributed by atoms with E-state index < -0.39 is 17.6 Å². The Balaban J connectivity index is 1.56. The second-order valence-electron chi connectivity index (χ2n) is 9.88. The van der Waals surface area contributed by atoms with Crippen molar-refractivity contribution in [3.63, 3.8) is 0 Å². The number of halogens is 5. The van der Waals surface area contributed by atoms with Gasteiger partial charge in [-0.15, -0.1) is 0 Å². The number of pyridine rings is 1. The third kappa shape index (κ3) is 4.33. The molecule has 4 heterocycles. The zero-order valence-corrected chi connectivity index (χ0v) is 22.7. The number of aryl methyl sites for hydroxylation is 2. The lowest BCUT2D eigenvalue weighted by Crippen LogP contribution is -2.32. The summed E-state index contributed by atoms with van der Waals surface area (Å²) in [4.78, 5) is 8.79. The third-order valence-corrected chi connectivity index (χ3v) is 7.90. The highest BCUT2D eigenvalue weighted by atomic mass is 35.5. The molecule has 3 aromatic heterocycles. The van der Waals surface area contributed by atoms with E-state index in [0.717, 1.165) is 63.1 Å². The molecule has 0 amide bonds. The number of aromatic amines is 1. The predicted molar refractivity (Wildman–Crippen MR) is 149 cm³/mol. The van der Waals surface area contributed by atoms with Crippen LogP contribution in [0.2, 0.25) is 5.02 Å². The summed E-state index contributed by atoms with van der Waals surface area (Å²) in [5.74, 6) is -1.11. The van der Waals surface area contributed by atoms with Gasteiger partial charge in [-0.2, -0.15) is 18.3 Å². The molecule has 0 saturated heterocycles. The van der Waals surface area contributed by atoms with Gasteiger partial charge in [0, 0.05) is 48.4 Å². The lowest BCUT2D eigenvalue weighted by Gasteiger charge is -2.28. The van der Waals surface area contributed by atoms with Crippen LogP contribution in [0, 0.1) is 5.82 Å². The summed E-state index contributed by atoms with van der Waals surface area (Å²) in [7, 11) is 0. The number of anilines is 1. The molecule has 0 saturated carbocycles.